The standard InChI is InChI=1S/C12H13N3OS/c13-12(11-7-14-17-15-11)8-1-3-9(4-2-8)16-10-5-6-10/h1-4,7,10,12H,5-6,13H2. The van der Waals surface area contributed by atoms with Gasteiger partial charge in [-0.3, -0.25) is 0 Å². The summed E-state index contributed by atoms with van der Waals surface area (Å²) in [6, 6.07) is 7.70. The van der Waals surface area contributed by atoms with Gasteiger partial charge in [0.2, 0.25) is 0 Å². The van der Waals surface area contributed by atoms with Crippen molar-refractivity contribution >= 4 is 11.7 Å². The van der Waals surface area contributed by atoms with E-state index in [1.807, 2.05) is 24.3 Å². The maximum Gasteiger partial charge on any atom is 0.119 e. The number of rotatable bonds is 4. The smallest absolute Gasteiger partial charge is 0.119 e. The van der Waals surface area contributed by atoms with Gasteiger partial charge in [-0.25, -0.2) is 0 Å². The van der Waals surface area contributed by atoms with Crippen molar-refractivity contribution in [2.45, 2.75) is 25.0 Å². The molecule has 2 aromatic rings. The summed E-state index contributed by atoms with van der Waals surface area (Å²) in [4.78, 5) is 0. The van der Waals surface area contributed by atoms with E-state index in [0.29, 0.717) is 6.10 Å². The number of hydrogen-bond acceptors (Lipinski definition) is 5. The van der Waals surface area contributed by atoms with Crippen LogP contribution < -0.4 is 10.5 Å². The number of benzene rings is 1. The fourth-order valence-electron chi connectivity index (χ4n) is 1.61. The molecule has 1 saturated carbocycles. The maximum atomic E-state index is 6.09. The highest BCUT2D eigenvalue weighted by Crippen LogP contribution is 2.28. The minimum atomic E-state index is -0.205. The topological polar surface area (TPSA) is 61.0 Å². The van der Waals surface area contributed by atoms with Crippen LogP contribution in [0.4, 0.5) is 0 Å². The molecular weight excluding hydrogens is 234 g/mol. The van der Waals surface area contributed by atoms with Crippen molar-refractivity contribution in [1.82, 2.24) is 8.75 Å². The molecule has 0 radical (unpaired) electrons. The van der Waals surface area contributed by atoms with E-state index >= 15 is 0 Å². The zero-order chi connectivity index (χ0) is 11.7. The van der Waals surface area contributed by atoms with E-state index in [0.717, 1.165) is 17.0 Å². The lowest BCUT2D eigenvalue weighted by molar-refractivity contribution is 0.303. The van der Waals surface area contributed by atoms with Gasteiger partial charge in [-0.15, -0.1) is 0 Å². The Balaban J connectivity index is 1.74. The van der Waals surface area contributed by atoms with E-state index in [1.165, 1.54) is 24.6 Å². The molecule has 0 spiro atoms. The van der Waals surface area contributed by atoms with Crippen LogP contribution in [-0.4, -0.2) is 14.9 Å². The second kappa shape index (κ2) is 4.43. The Morgan fingerprint density at radius 3 is 2.65 bits per heavy atom. The predicted molar refractivity (Wildman–Crippen MR) is 66.0 cm³/mol. The van der Waals surface area contributed by atoms with E-state index in [4.69, 9.17) is 10.5 Å². The highest BCUT2D eigenvalue weighted by Gasteiger charge is 2.23. The normalized spacial score (nSPS) is 16.8. The largest absolute Gasteiger partial charge is 0.490 e. The fraction of sp³-hybridized carbons (Fsp3) is 0.333. The average molecular weight is 247 g/mol. The third kappa shape index (κ3) is 2.45. The lowest BCUT2D eigenvalue weighted by atomic mass is 10.1. The van der Waals surface area contributed by atoms with Gasteiger partial charge in [-0.05, 0) is 30.5 Å². The summed E-state index contributed by atoms with van der Waals surface area (Å²) in [7, 11) is 0. The summed E-state index contributed by atoms with van der Waals surface area (Å²) >= 11 is 1.18. The Labute approximate surface area is 104 Å². The monoisotopic (exact) mass is 247 g/mol. The molecule has 17 heavy (non-hydrogen) atoms. The van der Waals surface area contributed by atoms with Crippen molar-refractivity contribution in [2.24, 2.45) is 5.73 Å². The van der Waals surface area contributed by atoms with E-state index in [9.17, 15) is 0 Å². The first-order valence-electron chi connectivity index (χ1n) is 5.62. The Hall–Kier alpha value is -1.46. The first-order chi connectivity index (χ1) is 8.33. The highest BCUT2D eigenvalue weighted by atomic mass is 32.1. The third-order valence-electron chi connectivity index (χ3n) is 2.76. The maximum absolute atomic E-state index is 6.09. The lowest BCUT2D eigenvalue weighted by Crippen LogP contribution is -2.12. The molecular formula is C12H13N3OS. The Morgan fingerprint density at radius 1 is 1.29 bits per heavy atom. The SMILES string of the molecule is NC(c1ccc(OC2CC2)cc1)c1cnsn1. The molecule has 1 aliphatic rings. The van der Waals surface area contributed by atoms with Gasteiger partial charge in [0.15, 0.2) is 0 Å². The van der Waals surface area contributed by atoms with E-state index in [1.54, 1.807) is 6.20 Å². The molecule has 0 aliphatic heterocycles. The van der Waals surface area contributed by atoms with Crippen molar-refractivity contribution in [2.75, 3.05) is 0 Å². The molecule has 0 saturated heterocycles. The summed E-state index contributed by atoms with van der Waals surface area (Å²) in [5.74, 6) is 0.917. The van der Waals surface area contributed by atoms with Crippen molar-refractivity contribution in [1.29, 1.82) is 0 Å². The molecule has 1 aromatic heterocycles. The van der Waals surface area contributed by atoms with E-state index < -0.39 is 0 Å². The molecule has 1 fully saturated rings. The number of aromatic nitrogens is 2. The Kier molecular flexibility index (Phi) is 2.78. The number of ether oxygens (including phenoxy) is 1. The zero-order valence-electron chi connectivity index (χ0n) is 9.24. The van der Waals surface area contributed by atoms with Crippen LogP contribution in [0.15, 0.2) is 30.5 Å². The minimum absolute atomic E-state index is 0.205. The summed E-state index contributed by atoms with van der Waals surface area (Å²) < 4.78 is 13.8. The summed E-state index contributed by atoms with van der Waals surface area (Å²) in [5.41, 5.74) is 7.93. The van der Waals surface area contributed by atoms with Gasteiger partial charge in [0.1, 0.15) is 5.75 Å². The summed E-state index contributed by atoms with van der Waals surface area (Å²) in [5, 5.41) is 0. The molecule has 1 aliphatic carbocycles. The second-order valence-corrected chi connectivity index (χ2v) is 4.75. The lowest BCUT2D eigenvalue weighted by Gasteiger charge is -2.10. The van der Waals surface area contributed by atoms with E-state index in [-0.39, 0.29) is 6.04 Å². The molecule has 4 nitrogen and oxygen atoms in total. The van der Waals surface area contributed by atoms with Gasteiger partial charge in [0.05, 0.1) is 35.8 Å². The van der Waals surface area contributed by atoms with Crippen molar-refractivity contribution < 1.29 is 4.74 Å². The molecule has 0 bridgehead atoms. The van der Waals surface area contributed by atoms with Gasteiger partial charge in [0.25, 0.3) is 0 Å². The summed E-state index contributed by atoms with van der Waals surface area (Å²) in [6.07, 6.45) is 4.49. The van der Waals surface area contributed by atoms with Crippen LogP contribution in [0, 0.1) is 0 Å². The van der Waals surface area contributed by atoms with Crippen LogP contribution in [0.25, 0.3) is 0 Å². The zero-order valence-corrected chi connectivity index (χ0v) is 10.1. The fourth-order valence-corrected chi connectivity index (χ4v) is 2.07. The quantitative estimate of drug-likeness (QED) is 0.899. The average Bonchev–Trinajstić information content (AvgIpc) is 3.00. The number of nitrogens with two attached hydrogens (primary N) is 1. The molecule has 1 heterocycles. The molecule has 1 unspecified atom stereocenters. The van der Waals surface area contributed by atoms with Gasteiger partial charge in [-0.2, -0.15) is 8.75 Å². The molecule has 2 N–H and O–H groups in total. The predicted octanol–water partition coefficient (Wildman–Crippen LogP) is 2.13. The van der Waals surface area contributed by atoms with E-state index in [2.05, 4.69) is 8.75 Å². The van der Waals surface area contributed by atoms with Crippen molar-refractivity contribution in [3.8, 4) is 5.75 Å². The molecule has 3 rings (SSSR count). The Morgan fingerprint density at radius 2 is 2.06 bits per heavy atom. The first-order valence-corrected chi connectivity index (χ1v) is 6.35. The van der Waals surface area contributed by atoms with Gasteiger partial charge < -0.3 is 10.5 Å². The van der Waals surface area contributed by atoms with Gasteiger partial charge in [0, 0.05) is 0 Å². The number of nitrogens with zero attached hydrogens (tertiary/aromatic N) is 2. The highest BCUT2D eigenvalue weighted by molar-refractivity contribution is 6.99. The number of hydrogen-bond donors (Lipinski definition) is 1. The first kappa shape index (κ1) is 10.7. The van der Waals surface area contributed by atoms with Crippen molar-refractivity contribution in [3.05, 3.63) is 41.7 Å². The molecule has 1 aromatic carbocycles. The van der Waals surface area contributed by atoms with Crippen LogP contribution in [-0.2, 0) is 0 Å². The van der Waals surface area contributed by atoms with Crippen LogP contribution in [0.2, 0.25) is 0 Å². The second-order valence-electron chi connectivity index (χ2n) is 4.20. The van der Waals surface area contributed by atoms with Gasteiger partial charge >= 0.3 is 0 Å². The van der Waals surface area contributed by atoms with Crippen LogP contribution >= 0.6 is 11.7 Å². The van der Waals surface area contributed by atoms with Crippen LogP contribution in [0.3, 0.4) is 0 Å². The molecule has 0 amide bonds. The van der Waals surface area contributed by atoms with Gasteiger partial charge in [-0.1, -0.05) is 12.1 Å². The third-order valence-corrected chi connectivity index (χ3v) is 3.26. The molecule has 5 heteroatoms. The summed E-state index contributed by atoms with van der Waals surface area (Å²) in [6.45, 7) is 0. The molecule has 88 valence electrons. The van der Waals surface area contributed by atoms with Crippen LogP contribution in [0.5, 0.6) is 5.75 Å². The van der Waals surface area contributed by atoms with Crippen molar-refractivity contribution in [3.63, 3.8) is 0 Å². The molecule has 1 atom stereocenters. The van der Waals surface area contributed by atoms with Crippen LogP contribution in [0.1, 0.15) is 30.1 Å². The Bertz CT molecular complexity index is 479. The minimum Gasteiger partial charge on any atom is -0.490 e.